The van der Waals surface area contributed by atoms with Gasteiger partial charge in [-0.3, -0.25) is 4.98 Å². The van der Waals surface area contributed by atoms with Gasteiger partial charge in [-0.05, 0) is 25.0 Å². The lowest BCUT2D eigenvalue weighted by molar-refractivity contribution is -0.255. The lowest BCUT2D eigenvalue weighted by Gasteiger charge is -2.23. The highest BCUT2D eigenvalue weighted by atomic mass is 16.4. The lowest BCUT2D eigenvalue weighted by Crippen LogP contribution is -2.25. The first-order chi connectivity index (χ1) is 7.29. The molecule has 0 amide bonds. The molecule has 0 saturated heterocycles. The minimum atomic E-state index is -1.11. The number of rotatable bonds is 2. The van der Waals surface area contributed by atoms with Crippen LogP contribution < -0.4 is 5.11 Å². The summed E-state index contributed by atoms with van der Waals surface area (Å²) < 4.78 is 0. The molecular formula is C12H14NO2-. The SMILES string of the molecule is O=C([O-])c1cccnc1C1CCCCC1. The summed E-state index contributed by atoms with van der Waals surface area (Å²) in [6, 6.07) is 3.24. The normalized spacial score (nSPS) is 17.6. The van der Waals surface area contributed by atoms with Crippen molar-refractivity contribution in [1.29, 1.82) is 0 Å². The molecule has 1 aliphatic carbocycles. The monoisotopic (exact) mass is 204 g/mol. The van der Waals surface area contributed by atoms with Crippen molar-refractivity contribution in [2.45, 2.75) is 38.0 Å². The van der Waals surface area contributed by atoms with Crippen LogP contribution in [0.3, 0.4) is 0 Å². The van der Waals surface area contributed by atoms with Crippen LogP contribution in [0.4, 0.5) is 0 Å². The molecule has 80 valence electrons. The van der Waals surface area contributed by atoms with Crippen molar-refractivity contribution in [3.63, 3.8) is 0 Å². The van der Waals surface area contributed by atoms with Crippen molar-refractivity contribution in [3.05, 3.63) is 29.6 Å². The summed E-state index contributed by atoms with van der Waals surface area (Å²) in [4.78, 5) is 15.1. The number of aromatic nitrogens is 1. The number of hydrogen-bond donors (Lipinski definition) is 0. The number of carbonyl (C=O) groups excluding carboxylic acids is 1. The van der Waals surface area contributed by atoms with E-state index in [4.69, 9.17) is 0 Å². The molecule has 0 aromatic carbocycles. The van der Waals surface area contributed by atoms with E-state index in [2.05, 4.69) is 4.98 Å². The average Bonchev–Trinajstić information content (AvgIpc) is 2.30. The average molecular weight is 204 g/mol. The van der Waals surface area contributed by atoms with Gasteiger partial charge in [0.05, 0.1) is 11.7 Å². The van der Waals surface area contributed by atoms with E-state index < -0.39 is 5.97 Å². The number of pyridine rings is 1. The summed E-state index contributed by atoms with van der Waals surface area (Å²) in [5, 5.41) is 10.9. The van der Waals surface area contributed by atoms with Gasteiger partial charge >= 0.3 is 0 Å². The van der Waals surface area contributed by atoms with E-state index in [0.717, 1.165) is 18.5 Å². The second-order valence-electron chi connectivity index (χ2n) is 4.06. The Balaban J connectivity index is 2.29. The van der Waals surface area contributed by atoms with E-state index in [9.17, 15) is 9.90 Å². The van der Waals surface area contributed by atoms with Crippen LogP contribution in [0.2, 0.25) is 0 Å². The largest absolute Gasteiger partial charge is 0.545 e. The van der Waals surface area contributed by atoms with Crippen LogP contribution in [0.1, 0.15) is 54.1 Å². The summed E-state index contributed by atoms with van der Waals surface area (Å²) in [6.07, 6.45) is 7.37. The first-order valence-electron chi connectivity index (χ1n) is 5.45. The van der Waals surface area contributed by atoms with Crippen LogP contribution >= 0.6 is 0 Å². The Morgan fingerprint density at radius 2 is 2.07 bits per heavy atom. The van der Waals surface area contributed by atoms with Crippen LogP contribution in [0.25, 0.3) is 0 Å². The van der Waals surface area contributed by atoms with Crippen LogP contribution in [-0.2, 0) is 0 Å². The molecule has 3 nitrogen and oxygen atoms in total. The molecule has 0 aliphatic heterocycles. The van der Waals surface area contributed by atoms with Crippen molar-refractivity contribution in [2.24, 2.45) is 0 Å². The molecule has 0 spiro atoms. The Kier molecular flexibility index (Phi) is 2.99. The van der Waals surface area contributed by atoms with Crippen molar-refractivity contribution in [3.8, 4) is 0 Å². The second kappa shape index (κ2) is 4.43. The van der Waals surface area contributed by atoms with Gasteiger partial charge < -0.3 is 9.90 Å². The zero-order chi connectivity index (χ0) is 10.7. The van der Waals surface area contributed by atoms with Gasteiger partial charge in [0.1, 0.15) is 0 Å². The van der Waals surface area contributed by atoms with E-state index in [0.29, 0.717) is 5.92 Å². The molecule has 1 heterocycles. The van der Waals surface area contributed by atoms with Crippen LogP contribution in [0.5, 0.6) is 0 Å². The molecule has 1 aromatic rings. The third-order valence-corrected chi connectivity index (χ3v) is 3.05. The van der Waals surface area contributed by atoms with E-state index in [1.165, 1.54) is 19.3 Å². The molecule has 0 unspecified atom stereocenters. The van der Waals surface area contributed by atoms with Gasteiger partial charge in [0.15, 0.2) is 0 Å². The molecule has 0 radical (unpaired) electrons. The van der Waals surface area contributed by atoms with Gasteiger partial charge in [-0.25, -0.2) is 0 Å². The number of carbonyl (C=O) groups is 1. The maximum atomic E-state index is 10.9. The van der Waals surface area contributed by atoms with Crippen molar-refractivity contribution in [2.75, 3.05) is 0 Å². The van der Waals surface area contributed by atoms with E-state index in [-0.39, 0.29) is 5.56 Å². The Morgan fingerprint density at radius 3 is 2.73 bits per heavy atom. The smallest absolute Gasteiger partial charge is 0.0733 e. The predicted octanol–water partition coefficient (Wildman–Crippen LogP) is 1.49. The van der Waals surface area contributed by atoms with Crippen molar-refractivity contribution < 1.29 is 9.90 Å². The Labute approximate surface area is 89.2 Å². The molecule has 1 fully saturated rings. The topological polar surface area (TPSA) is 53.0 Å². The summed E-state index contributed by atoms with van der Waals surface area (Å²) >= 11 is 0. The summed E-state index contributed by atoms with van der Waals surface area (Å²) in [7, 11) is 0. The van der Waals surface area contributed by atoms with Gasteiger partial charge in [-0.2, -0.15) is 0 Å². The van der Waals surface area contributed by atoms with Crippen LogP contribution in [-0.4, -0.2) is 11.0 Å². The maximum absolute atomic E-state index is 10.9. The molecule has 1 saturated carbocycles. The number of carboxylic acid groups (broad SMARTS) is 1. The summed E-state index contributed by atoms with van der Waals surface area (Å²) in [5.74, 6) is -0.795. The quantitative estimate of drug-likeness (QED) is 0.733. The minimum Gasteiger partial charge on any atom is -0.545 e. The fourth-order valence-electron chi connectivity index (χ4n) is 2.29. The fourth-order valence-corrected chi connectivity index (χ4v) is 2.29. The summed E-state index contributed by atoms with van der Waals surface area (Å²) in [5.41, 5.74) is 0.988. The molecule has 0 N–H and O–H groups in total. The third kappa shape index (κ3) is 2.17. The molecular weight excluding hydrogens is 190 g/mol. The first-order valence-corrected chi connectivity index (χ1v) is 5.45. The molecule has 2 rings (SSSR count). The maximum Gasteiger partial charge on any atom is 0.0733 e. The summed E-state index contributed by atoms with van der Waals surface area (Å²) in [6.45, 7) is 0. The van der Waals surface area contributed by atoms with Crippen LogP contribution in [0.15, 0.2) is 18.3 Å². The van der Waals surface area contributed by atoms with Gasteiger partial charge in [0, 0.05) is 17.7 Å². The highest BCUT2D eigenvalue weighted by molar-refractivity contribution is 5.87. The lowest BCUT2D eigenvalue weighted by atomic mass is 9.85. The van der Waals surface area contributed by atoms with Gasteiger partial charge in [-0.15, -0.1) is 0 Å². The molecule has 0 atom stereocenters. The standard InChI is InChI=1S/C12H15NO2/c14-12(15)10-7-4-8-13-11(10)9-5-2-1-3-6-9/h4,7-9H,1-3,5-6H2,(H,14,15)/p-1. The molecule has 1 aromatic heterocycles. The highest BCUT2D eigenvalue weighted by Gasteiger charge is 2.19. The second-order valence-corrected chi connectivity index (χ2v) is 4.06. The minimum absolute atomic E-state index is 0.268. The van der Waals surface area contributed by atoms with Crippen LogP contribution in [0, 0.1) is 0 Å². The zero-order valence-electron chi connectivity index (χ0n) is 8.61. The number of aromatic carboxylic acids is 1. The number of carboxylic acids is 1. The van der Waals surface area contributed by atoms with E-state index in [1.807, 2.05) is 0 Å². The predicted molar refractivity (Wildman–Crippen MR) is 54.4 cm³/mol. The Hall–Kier alpha value is -1.38. The Bertz CT molecular complexity index is 356. The zero-order valence-corrected chi connectivity index (χ0v) is 8.61. The highest BCUT2D eigenvalue weighted by Crippen LogP contribution is 2.32. The molecule has 3 heteroatoms. The van der Waals surface area contributed by atoms with Gasteiger partial charge in [0.2, 0.25) is 0 Å². The third-order valence-electron chi connectivity index (χ3n) is 3.05. The van der Waals surface area contributed by atoms with E-state index >= 15 is 0 Å². The number of nitrogens with zero attached hydrogens (tertiary/aromatic N) is 1. The molecule has 15 heavy (non-hydrogen) atoms. The van der Waals surface area contributed by atoms with Crippen molar-refractivity contribution in [1.82, 2.24) is 4.98 Å². The van der Waals surface area contributed by atoms with Crippen molar-refractivity contribution >= 4 is 5.97 Å². The molecule has 0 bridgehead atoms. The van der Waals surface area contributed by atoms with Gasteiger partial charge in [-0.1, -0.05) is 19.3 Å². The number of hydrogen-bond acceptors (Lipinski definition) is 3. The van der Waals surface area contributed by atoms with Gasteiger partial charge in [0.25, 0.3) is 0 Å². The first kappa shape index (κ1) is 10.1. The molecule has 1 aliphatic rings. The van der Waals surface area contributed by atoms with E-state index in [1.54, 1.807) is 18.3 Å². The fraction of sp³-hybridized carbons (Fsp3) is 0.500. The Morgan fingerprint density at radius 1 is 1.33 bits per heavy atom.